The molecule has 0 radical (unpaired) electrons. The van der Waals surface area contributed by atoms with Crippen LogP contribution < -0.4 is 5.73 Å². The van der Waals surface area contributed by atoms with Crippen LogP contribution in [0.4, 0.5) is 4.39 Å². The number of fused-ring (bicyclic) bond motifs is 1. The monoisotopic (exact) mass is 286 g/mol. The molecular formula is C18H23FN2. The summed E-state index contributed by atoms with van der Waals surface area (Å²) < 4.78 is 12.6. The number of rotatable bonds is 1. The first-order chi connectivity index (χ1) is 10.2. The summed E-state index contributed by atoms with van der Waals surface area (Å²) in [5, 5.41) is 0.840. The highest BCUT2D eigenvalue weighted by Crippen LogP contribution is 2.45. The molecule has 0 unspecified atom stereocenters. The minimum absolute atomic E-state index is 0.217. The first-order valence-corrected chi connectivity index (χ1v) is 7.97. The number of hydrogen-bond donors (Lipinski definition) is 1. The third-order valence-electron chi connectivity index (χ3n) is 4.81. The fourth-order valence-corrected chi connectivity index (χ4v) is 3.28. The summed E-state index contributed by atoms with van der Waals surface area (Å²) in [5.74, 6) is 0.673. The lowest BCUT2D eigenvalue weighted by atomic mass is 9.83. The molecule has 2 aliphatic carbocycles. The van der Waals surface area contributed by atoms with Crippen LogP contribution in [-0.2, 0) is 0 Å². The number of aromatic nitrogens is 1. The van der Waals surface area contributed by atoms with Crippen molar-refractivity contribution in [3.05, 3.63) is 42.3 Å². The molecule has 2 saturated carbocycles. The van der Waals surface area contributed by atoms with E-state index in [9.17, 15) is 4.39 Å². The Bertz CT molecular complexity index is 601. The highest BCUT2D eigenvalue weighted by atomic mass is 19.1. The molecule has 0 spiro atoms. The molecule has 1 aromatic heterocycles. The fourth-order valence-electron chi connectivity index (χ4n) is 3.28. The Balaban J connectivity index is 0.000000126. The summed E-state index contributed by atoms with van der Waals surface area (Å²) >= 11 is 0. The lowest BCUT2D eigenvalue weighted by Gasteiger charge is -2.27. The summed E-state index contributed by atoms with van der Waals surface area (Å²) in [6.45, 7) is 0. The molecule has 3 heteroatoms. The molecule has 1 aromatic carbocycles. The maximum atomic E-state index is 12.6. The molecule has 0 amide bonds. The maximum Gasteiger partial charge on any atom is 0.123 e. The van der Waals surface area contributed by atoms with Gasteiger partial charge in [-0.25, -0.2) is 4.39 Å². The van der Waals surface area contributed by atoms with Crippen LogP contribution in [0, 0.1) is 11.7 Å². The molecule has 4 rings (SSSR count). The van der Waals surface area contributed by atoms with Crippen molar-refractivity contribution >= 4 is 10.9 Å². The molecule has 0 saturated heterocycles. The smallest absolute Gasteiger partial charge is 0.123 e. The lowest BCUT2D eigenvalue weighted by Crippen LogP contribution is -2.33. The first-order valence-electron chi connectivity index (χ1n) is 7.97. The van der Waals surface area contributed by atoms with Crippen LogP contribution in [0.1, 0.15) is 44.9 Å². The van der Waals surface area contributed by atoms with Gasteiger partial charge >= 0.3 is 0 Å². The second-order valence-corrected chi connectivity index (χ2v) is 6.41. The average Bonchev–Trinajstić information content (AvgIpc) is 3.28. The Morgan fingerprint density at radius 3 is 2.57 bits per heavy atom. The van der Waals surface area contributed by atoms with Crippen LogP contribution in [0.3, 0.4) is 0 Å². The zero-order valence-corrected chi connectivity index (χ0v) is 12.4. The molecule has 21 heavy (non-hydrogen) atoms. The van der Waals surface area contributed by atoms with Crippen LogP contribution in [0.5, 0.6) is 0 Å². The predicted octanol–water partition coefficient (Wildman–Crippen LogP) is 4.43. The molecule has 112 valence electrons. The molecule has 2 aliphatic rings. The Hall–Kier alpha value is -1.48. The molecule has 2 aromatic rings. The van der Waals surface area contributed by atoms with E-state index in [1.807, 2.05) is 6.07 Å². The molecule has 1 heterocycles. The summed E-state index contributed by atoms with van der Waals surface area (Å²) in [4.78, 5) is 4.06. The summed E-state index contributed by atoms with van der Waals surface area (Å²) in [6.07, 6.45) is 11.4. The molecule has 2 N–H and O–H groups in total. The third-order valence-corrected chi connectivity index (χ3v) is 4.81. The van der Waals surface area contributed by atoms with E-state index in [4.69, 9.17) is 5.73 Å². The Morgan fingerprint density at radius 1 is 1.10 bits per heavy atom. The number of pyridine rings is 1. The van der Waals surface area contributed by atoms with E-state index in [-0.39, 0.29) is 5.82 Å². The molecule has 2 fully saturated rings. The Labute approximate surface area is 125 Å². The molecule has 0 atom stereocenters. The van der Waals surface area contributed by atoms with Crippen molar-refractivity contribution in [2.45, 2.75) is 50.5 Å². The van der Waals surface area contributed by atoms with Crippen molar-refractivity contribution < 1.29 is 4.39 Å². The standard InChI is InChI=1S/C9H6FN.C9H17N/c10-8-3-4-9-7(6-8)2-1-5-11-9;10-9(6-7-9)8-4-2-1-3-5-8/h1-6H;8H,1-7,10H2. The van der Waals surface area contributed by atoms with Crippen molar-refractivity contribution in [2.75, 3.05) is 0 Å². The van der Waals surface area contributed by atoms with Crippen LogP contribution in [0.2, 0.25) is 0 Å². The summed E-state index contributed by atoms with van der Waals surface area (Å²) in [6, 6.07) is 8.19. The molecule has 0 aliphatic heterocycles. The van der Waals surface area contributed by atoms with Gasteiger partial charge in [-0.15, -0.1) is 0 Å². The second kappa shape index (κ2) is 6.10. The number of halogens is 1. The van der Waals surface area contributed by atoms with Gasteiger partial charge in [0.15, 0.2) is 0 Å². The van der Waals surface area contributed by atoms with Crippen molar-refractivity contribution in [1.82, 2.24) is 4.98 Å². The number of hydrogen-bond acceptors (Lipinski definition) is 2. The quantitative estimate of drug-likeness (QED) is 0.842. The van der Waals surface area contributed by atoms with Crippen LogP contribution in [0.25, 0.3) is 10.9 Å². The zero-order chi connectivity index (χ0) is 14.7. The van der Waals surface area contributed by atoms with Crippen LogP contribution in [0.15, 0.2) is 36.5 Å². The SMILES string of the molecule is Fc1ccc2ncccc2c1.NC1(C2CCCCC2)CC1. The fraction of sp³-hybridized carbons (Fsp3) is 0.500. The number of nitrogens with two attached hydrogens (primary N) is 1. The predicted molar refractivity (Wildman–Crippen MR) is 84.4 cm³/mol. The van der Waals surface area contributed by atoms with Gasteiger partial charge in [-0.05, 0) is 55.9 Å². The van der Waals surface area contributed by atoms with E-state index in [1.54, 1.807) is 18.3 Å². The third kappa shape index (κ3) is 3.59. The maximum absolute atomic E-state index is 12.6. The van der Waals surface area contributed by atoms with Gasteiger partial charge in [-0.2, -0.15) is 0 Å². The van der Waals surface area contributed by atoms with Crippen molar-refractivity contribution in [3.63, 3.8) is 0 Å². The largest absolute Gasteiger partial charge is 0.325 e. The van der Waals surface area contributed by atoms with Gasteiger partial charge in [-0.1, -0.05) is 25.3 Å². The highest BCUT2D eigenvalue weighted by molar-refractivity contribution is 5.77. The van der Waals surface area contributed by atoms with Crippen LogP contribution >= 0.6 is 0 Å². The normalized spacial score (nSPS) is 20.7. The molecule has 0 bridgehead atoms. The Kier molecular flexibility index (Phi) is 4.20. The number of benzene rings is 1. The van der Waals surface area contributed by atoms with E-state index in [0.29, 0.717) is 5.54 Å². The topological polar surface area (TPSA) is 38.9 Å². The van der Waals surface area contributed by atoms with Gasteiger partial charge in [0.25, 0.3) is 0 Å². The number of nitrogens with zero attached hydrogens (tertiary/aromatic N) is 1. The van der Waals surface area contributed by atoms with E-state index < -0.39 is 0 Å². The Morgan fingerprint density at radius 2 is 1.86 bits per heavy atom. The first kappa shape index (κ1) is 14.5. The summed E-state index contributed by atoms with van der Waals surface area (Å²) in [7, 11) is 0. The van der Waals surface area contributed by atoms with Gasteiger partial charge in [-0.3, -0.25) is 4.98 Å². The van der Waals surface area contributed by atoms with Gasteiger partial charge in [0.05, 0.1) is 5.52 Å². The van der Waals surface area contributed by atoms with Gasteiger partial charge < -0.3 is 5.73 Å². The lowest BCUT2D eigenvalue weighted by molar-refractivity contribution is 0.291. The van der Waals surface area contributed by atoms with Crippen molar-refractivity contribution in [3.8, 4) is 0 Å². The van der Waals surface area contributed by atoms with Crippen molar-refractivity contribution in [1.29, 1.82) is 0 Å². The van der Waals surface area contributed by atoms with Crippen LogP contribution in [-0.4, -0.2) is 10.5 Å². The minimum Gasteiger partial charge on any atom is -0.325 e. The van der Waals surface area contributed by atoms with Gasteiger partial charge in [0.1, 0.15) is 5.82 Å². The van der Waals surface area contributed by atoms with E-state index in [0.717, 1.165) is 16.8 Å². The average molecular weight is 286 g/mol. The van der Waals surface area contributed by atoms with E-state index in [2.05, 4.69) is 4.98 Å². The van der Waals surface area contributed by atoms with Crippen molar-refractivity contribution in [2.24, 2.45) is 11.7 Å². The summed E-state index contributed by atoms with van der Waals surface area (Å²) in [5.41, 5.74) is 7.27. The van der Waals surface area contributed by atoms with E-state index >= 15 is 0 Å². The van der Waals surface area contributed by atoms with E-state index in [1.165, 1.54) is 57.1 Å². The molecule has 2 nitrogen and oxygen atoms in total. The second-order valence-electron chi connectivity index (χ2n) is 6.41. The zero-order valence-electron chi connectivity index (χ0n) is 12.4. The molecular weight excluding hydrogens is 263 g/mol. The van der Waals surface area contributed by atoms with Gasteiger partial charge in [0.2, 0.25) is 0 Å². The van der Waals surface area contributed by atoms with Gasteiger partial charge in [0, 0.05) is 17.1 Å². The highest BCUT2D eigenvalue weighted by Gasteiger charge is 2.45. The minimum atomic E-state index is -0.217.